The third-order valence-corrected chi connectivity index (χ3v) is 3.94. The topological polar surface area (TPSA) is 34.1 Å². The predicted molar refractivity (Wildman–Crippen MR) is 96.1 cm³/mol. The highest BCUT2D eigenvalue weighted by Crippen LogP contribution is 2.38. The first kappa shape index (κ1) is 16.8. The molecule has 0 amide bonds. The van der Waals surface area contributed by atoms with E-state index in [1.807, 2.05) is 70.2 Å². The summed E-state index contributed by atoms with van der Waals surface area (Å²) in [6, 6.07) is 17.6. The maximum Gasteiger partial charge on any atom is 0.320 e. The molecule has 0 saturated carbocycles. The van der Waals surface area contributed by atoms with Crippen LogP contribution in [-0.2, 0) is 15.4 Å². The lowest BCUT2D eigenvalue weighted by molar-refractivity contribution is -0.255. The fourth-order valence-electron chi connectivity index (χ4n) is 2.42. The van der Waals surface area contributed by atoms with Crippen LogP contribution in [0.4, 0.5) is 5.69 Å². The number of aliphatic imine (C=N–C) groups is 1. The van der Waals surface area contributed by atoms with E-state index in [0.717, 1.165) is 11.3 Å². The SMILES string of the molecule is CC1(c2ccccc2)OC(=Nc2ccc(Cl)cc2)N(C(C)(C)C)O1. The number of hydrogen-bond donors (Lipinski definition) is 0. The van der Waals surface area contributed by atoms with Gasteiger partial charge in [0.2, 0.25) is 0 Å². The number of hydroxylamine groups is 2. The van der Waals surface area contributed by atoms with Crippen LogP contribution in [0.15, 0.2) is 59.6 Å². The van der Waals surface area contributed by atoms with E-state index < -0.39 is 5.79 Å². The molecule has 0 bridgehead atoms. The fourth-order valence-corrected chi connectivity index (χ4v) is 2.54. The van der Waals surface area contributed by atoms with Gasteiger partial charge < -0.3 is 4.74 Å². The Morgan fingerprint density at radius 1 is 1.00 bits per heavy atom. The van der Waals surface area contributed by atoms with E-state index in [1.165, 1.54) is 0 Å². The Morgan fingerprint density at radius 2 is 1.62 bits per heavy atom. The summed E-state index contributed by atoms with van der Waals surface area (Å²) in [5, 5.41) is 2.39. The third kappa shape index (κ3) is 3.40. The number of hydrogen-bond acceptors (Lipinski definition) is 3. The normalized spacial score (nSPS) is 22.7. The molecular formula is C19H21ClN2O2. The zero-order valence-electron chi connectivity index (χ0n) is 14.3. The second-order valence-corrected chi connectivity index (χ2v) is 7.28. The Balaban J connectivity index is 1.99. The van der Waals surface area contributed by atoms with Crippen LogP contribution >= 0.6 is 11.6 Å². The molecule has 2 aromatic rings. The van der Waals surface area contributed by atoms with Crippen LogP contribution in [0.3, 0.4) is 0 Å². The minimum Gasteiger partial charge on any atom is -0.424 e. The number of halogens is 1. The first-order valence-electron chi connectivity index (χ1n) is 7.86. The summed E-state index contributed by atoms with van der Waals surface area (Å²) >= 11 is 5.94. The van der Waals surface area contributed by atoms with Gasteiger partial charge in [-0.25, -0.2) is 4.84 Å². The Morgan fingerprint density at radius 3 is 2.21 bits per heavy atom. The molecule has 0 aliphatic carbocycles. The molecule has 126 valence electrons. The molecule has 4 nitrogen and oxygen atoms in total. The molecule has 0 aromatic heterocycles. The number of benzene rings is 2. The van der Waals surface area contributed by atoms with Gasteiger partial charge >= 0.3 is 6.02 Å². The first-order valence-corrected chi connectivity index (χ1v) is 8.24. The molecule has 0 spiro atoms. The van der Waals surface area contributed by atoms with Gasteiger partial charge in [-0.2, -0.15) is 10.1 Å². The van der Waals surface area contributed by atoms with Crippen molar-refractivity contribution in [1.29, 1.82) is 0 Å². The molecule has 0 radical (unpaired) electrons. The Labute approximate surface area is 147 Å². The van der Waals surface area contributed by atoms with Gasteiger partial charge in [0.15, 0.2) is 0 Å². The van der Waals surface area contributed by atoms with Crippen molar-refractivity contribution >= 4 is 23.3 Å². The lowest BCUT2D eigenvalue weighted by Crippen LogP contribution is -2.42. The monoisotopic (exact) mass is 344 g/mol. The van der Waals surface area contributed by atoms with E-state index in [-0.39, 0.29) is 5.54 Å². The summed E-state index contributed by atoms with van der Waals surface area (Å²) < 4.78 is 6.13. The summed E-state index contributed by atoms with van der Waals surface area (Å²) in [4.78, 5) is 10.8. The Bertz CT molecular complexity index is 738. The standard InChI is InChI=1S/C19H21ClN2O2/c1-18(2,3)22-17(21-16-12-10-15(20)11-13-16)23-19(4,24-22)14-8-6-5-7-9-14/h5-13H,1-4H3. The average molecular weight is 345 g/mol. The lowest BCUT2D eigenvalue weighted by Gasteiger charge is -2.30. The molecule has 1 unspecified atom stereocenters. The predicted octanol–water partition coefficient (Wildman–Crippen LogP) is 5.26. The Hall–Kier alpha value is -2.04. The molecule has 1 atom stereocenters. The molecular weight excluding hydrogens is 324 g/mol. The molecule has 5 heteroatoms. The van der Waals surface area contributed by atoms with Gasteiger partial charge in [-0.05, 0) is 45.0 Å². The second kappa shape index (κ2) is 6.11. The highest BCUT2D eigenvalue weighted by atomic mass is 35.5. The zero-order chi connectivity index (χ0) is 17.4. The third-order valence-electron chi connectivity index (χ3n) is 3.68. The summed E-state index contributed by atoms with van der Waals surface area (Å²) in [6.07, 6.45) is 0. The van der Waals surface area contributed by atoms with Crippen molar-refractivity contribution in [1.82, 2.24) is 5.06 Å². The van der Waals surface area contributed by atoms with Gasteiger partial charge in [0.05, 0.1) is 11.2 Å². The lowest BCUT2D eigenvalue weighted by atomic mass is 10.1. The number of nitrogens with zero attached hydrogens (tertiary/aromatic N) is 2. The average Bonchev–Trinajstić information content (AvgIpc) is 2.89. The van der Waals surface area contributed by atoms with E-state index in [1.54, 1.807) is 17.2 Å². The van der Waals surface area contributed by atoms with Crippen LogP contribution in [0.2, 0.25) is 5.02 Å². The van der Waals surface area contributed by atoms with Crippen molar-refractivity contribution in [3.63, 3.8) is 0 Å². The summed E-state index contributed by atoms with van der Waals surface area (Å²) in [7, 11) is 0. The minimum atomic E-state index is -0.917. The van der Waals surface area contributed by atoms with E-state index in [0.29, 0.717) is 11.0 Å². The minimum absolute atomic E-state index is 0.308. The van der Waals surface area contributed by atoms with Crippen molar-refractivity contribution in [3.05, 3.63) is 65.2 Å². The van der Waals surface area contributed by atoms with Gasteiger partial charge in [0.1, 0.15) is 0 Å². The molecule has 2 aromatic carbocycles. The molecule has 24 heavy (non-hydrogen) atoms. The molecule has 0 N–H and O–H groups in total. The van der Waals surface area contributed by atoms with Crippen LogP contribution in [0.1, 0.15) is 33.3 Å². The second-order valence-electron chi connectivity index (χ2n) is 6.84. The van der Waals surface area contributed by atoms with Gasteiger partial charge in [-0.1, -0.05) is 41.9 Å². The van der Waals surface area contributed by atoms with Crippen LogP contribution in [-0.4, -0.2) is 16.6 Å². The number of amidine groups is 1. The van der Waals surface area contributed by atoms with Crippen molar-refractivity contribution in [2.24, 2.45) is 4.99 Å². The van der Waals surface area contributed by atoms with Crippen LogP contribution in [0, 0.1) is 0 Å². The summed E-state index contributed by atoms with van der Waals surface area (Å²) in [5.41, 5.74) is 1.38. The summed E-state index contributed by atoms with van der Waals surface area (Å²) in [6.45, 7) is 8.03. The van der Waals surface area contributed by atoms with E-state index in [2.05, 4.69) is 4.99 Å². The molecule has 1 fully saturated rings. The van der Waals surface area contributed by atoms with E-state index in [4.69, 9.17) is 21.2 Å². The van der Waals surface area contributed by atoms with Gasteiger partial charge in [-0.15, -0.1) is 0 Å². The Kier molecular flexibility index (Phi) is 4.28. The first-order chi connectivity index (χ1) is 11.3. The van der Waals surface area contributed by atoms with Crippen molar-refractivity contribution in [2.45, 2.75) is 39.0 Å². The van der Waals surface area contributed by atoms with Gasteiger partial charge in [0, 0.05) is 17.5 Å². The highest BCUT2D eigenvalue weighted by molar-refractivity contribution is 6.30. The molecule has 1 saturated heterocycles. The largest absolute Gasteiger partial charge is 0.424 e. The summed E-state index contributed by atoms with van der Waals surface area (Å²) in [5.74, 6) is -0.917. The maximum absolute atomic E-state index is 6.16. The van der Waals surface area contributed by atoms with Crippen molar-refractivity contribution in [2.75, 3.05) is 0 Å². The number of ether oxygens (including phenoxy) is 1. The van der Waals surface area contributed by atoms with Gasteiger partial charge in [-0.3, -0.25) is 0 Å². The molecule has 3 rings (SSSR count). The van der Waals surface area contributed by atoms with Crippen molar-refractivity contribution in [3.8, 4) is 0 Å². The smallest absolute Gasteiger partial charge is 0.320 e. The number of rotatable bonds is 2. The van der Waals surface area contributed by atoms with Crippen LogP contribution < -0.4 is 0 Å². The fraction of sp³-hybridized carbons (Fsp3) is 0.316. The molecule has 1 heterocycles. The highest BCUT2D eigenvalue weighted by Gasteiger charge is 2.47. The van der Waals surface area contributed by atoms with Crippen LogP contribution in [0.5, 0.6) is 0 Å². The van der Waals surface area contributed by atoms with E-state index in [9.17, 15) is 0 Å². The van der Waals surface area contributed by atoms with Crippen LogP contribution in [0.25, 0.3) is 0 Å². The zero-order valence-corrected chi connectivity index (χ0v) is 15.0. The molecule has 1 aliphatic rings. The quantitative estimate of drug-likeness (QED) is 0.744. The molecule has 1 aliphatic heterocycles. The van der Waals surface area contributed by atoms with E-state index >= 15 is 0 Å². The van der Waals surface area contributed by atoms with Crippen molar-refractivity contribution < 1.29 is 9.57 Å². The maximum atomic E-state index is 6.16. The van der Waals surface area contributed by atoms with Gasteiger partial charge in [0.25, 0.3) is 5.79 Å².